The second-order valence-corrected chi connectivity index (χ2v) is 5.24. The van der Waals surface area contributed by atoms with Gasteiger partial charge in [-0.1, -0.05) is 13.0 Å². The molecule has 0 fully saturated rings. The highest BCUT2D eigenvalue weighted by molar-refractivity contribution is 5.77. The maximum absolute atomic E-state index is 11.5. The van der Waals surface area contributed by atoms with Gasteiger partial charge in [-0.3, -0.25) is 9.59 Å². The fraction of sp³-hybridized carbons (Fsp3) is 0.500. The van der Waals surface area contributed by atoms with Crippen LogP contribution in [0.4, 0.5) is 0 Å². The average Bonchev–Trinajstić information content (AvgIpc) is 2.44. The fourth-order valence-corrected chi connectivity index (χ4v) is 1.67. The number of amides is 1. The number of carboxylic acid groups (broad SMARTS) is 1. The minimum absolute atomic E-state index is 0.146. The summed E-state index contributed by atoms with van der Waals surface area (Å²) in [5.41, 5.74) is 2.39. The summed E-state index contributed by atoms with van der Waals surface area (Å²) in [4.78, 5) is 22.1. The molecule has 0 saturated heterocycles. The van der Waals surface area contributed by atoms with E-state index in [2.05, 4.69) is 5.32 Å². The molecule has 0 spiro atoms. The van der Waals surface area contributed by atoms with Crippen molar-refractivity contribution in [2.75, 3.05) is 13.2 Å². The molecule has 0 radical (unpaired) electrons. The lowest BCUT2D eigenvalue weighted by Gasteiger charge is -2.10. The second-order valence-electron chi connectivity index (χ2n) is 5.24. The normalized spacial score (nSPS) is 11.8. The average molecular weight is 293 g/mol. The van der Waals surface area contributed by atoms with Crippen molar-refractivity contribution in [3.05, 3.63) is 29.3 Å². The Hall–Kier alpha value is -2.04. The van der Waals surface area contributed by atoms with Crippen molar-refractivity contribution >= 4 is 11.9 Å². The third-order valence-corrected chi connectivity index (χ3v) is 3.32. The van der Waals surface area contributed by atoms with Gasteiger partial charge in [0.2, 0.25) is 5.91 Å². The Morgan fingerprint density at radius 3 is 2.62 bits per heavy atom. The monoisotopic (exact) mass is 293 g/mol. The van der Waals surface area contributed by atoms with Crippen LogP contribution in [0.2, 0.25) is 0 Å². The van der Waals surface area contributed by atoms with E-state index in [-0.39, 0.29) is 12.5 Å². The maximum atomic E-state index is 11.5. The van der Waals surface area contributed by atoms with Gasteiger partial charge in [-0.05, 0) is 43.5 Å². The van der Waals surface area contributed by atoms with Gasteiger partial charge in [0.05, 0.1) is 12.5 Å². The van der Waals surface area contributed by atoms with E-state index in [0.29, 0.717) is 19.4 Å². The number of rotatable bonds is 8. The first-order valence-corrected chi connectivity index (χ1v) is 7.09. The van der Waals surface area contributed by atoms with Crippen molar-refractivity contribution < 1.29 is 19.4 Å². The van der Waals surface area contributed by atoms with Crippen LogP contribution in [0.3, 0.4) is 0 Å². The van der Waals surface area contributed by atoms with Gasteiger partial charge in [0, 0.05) is 13.0 Å². The molecule has 1 rings (SSSR count). The van der Waals surface area contributed by atoms with E-state index in [9.17, 15) is 9.59 Å². The maximum Gasteiger partial charge on any atom is 0.308 e. The van der Waals surface area contributed by atoms with Crippen LogP contribution in [-0.2, 0) is 9.59 Å². The predicted molar refractivity (Wildman–Crippen MR) is 80.5 cm³/mol. The highest BCUT2D eigenvalue weighted by atomic mass is 16.5. The van der Waals surface area contributed by atoms with Gasteiger partial charge in [-0.2, -0.15) is 0 Å². The molecule has 0 aromatic heterocycles. The van der Waals surface area contributed by atoms with Crippen molar-refractivity contribution in [1.29, 1.82) is 0 Å². The van der Waals surface area contributed by atoms with Crippen molar-refractivity contribution in [2.24, 2.45) is 5.92 Å². The quantitative estimate of drug-likeness (QED) is 0.721. The molecule has 21 heavy (non-hydrogen) atoms. The number of ether oxygens (including phenoxy) is 1. The van der Waals surface area contributed by atoms with E-state index in [1.54, 1.807) is 6.92 Å². The van der Waals surface area contributed by atoms with E-state index in [0.717, 1.165) is 5.75 Å². The van der Waals surface area contributed by atoms with E-state index >= 15 is 0 Å². The van der Waals surface area contributed by atoms with Gasteiger partial charge in [0.1, 0.15) is 5.75 Å². The molecule has 0 saturated carbocycles. The summed E-state index contributed by atoms with van der Waals surface area (Å²) in [5.74, 6) is -0.820. The molecular formula is C16H23NO4. The Morgan fingerprint density at radius 2 is 2.00 bits per heavy atom. The number of benzene rings is 1. The zero-order valence-corrected chi connectivity index (χ0v) is 12.8. The number of nitrogens with one attached hydrogen (secondary N) is 1. The standard InChI is InChI=1S/C16H23NO4/c1-11-6-7-14(9-12(11)2)21-8-4-5-15(18)17-10-13(3)16(19)20/h6-7,9,13H,4-5,8,10H2,1-3H3,(H,17,18)(H,19,20). The minimum atomic E-state index is -0.909. The molecule has 116 valence electrons. The molecule has 0 aliphatic rings. The molecule has 1 atom stereocenters. The number of aliphatic carboxylic acids is 1. The van der Waals surface area contributed by atoms with Gasteiger partial charge in [0.15, 0.2) is 0 Å². The summed E-state index contributed by atoms with van der Waals surface area (Å²) in [5, 5.41) is 11.3. The Balaban J connectivity index is 2.20. The number of carbonyl (C=O) groups is 2. The lowest BCUT2D eigenvalue weighted by Crippen LogP contribution is -2.31. The smallest absolute Gasteiger partial charge is 0.308 e. The number of aryl methyl sites for hydroxylation is 2. The van der Waals surface area contributed by atoms with Crippen molar-refractivity contribution in [1.82, 2.24) is 5.32 Å². The molecule has 5 heteroatoms. The molecule has 0 heterocycles. The lowest BCUT2D eigenvalue weighted by atomic mass is 10.1. The zero-order valence-electron chi connectivity index (χ0n) is 12.8. The molecule has 1 aromatic carbocycles. The van der Waals surface area contributed by atoms with Crippen LogP contribution in [0.5, 0.6) is 5.75 Å². The number of hydrogen-bond donors (Lipinski definition) is 2. The molecule has 1 aromatic rings. The summed E-state index contributed by atoms with van der Waals surface area (Å²) >= 11 is 0. The van der Waals surface area contributed by atoms with Gasteiger partial charge in [-0.25, -0.2) is 0 Å². The fourth-order valence-electron chi connectivity index (χ4n) is 1.67. The summed E-state index contributed by atoms with van der Waals surface area (Å²) in [6, 6.07) is 5.89. The van der Waals surface area contributed by atoms with E-state index in [1.807, 2.05) is 32.0 Å². The number of carbonyl (C=O) groups excluding carboxylic acids is 1. The van der Waals surface area contributed by atoms with Gasteiger partial charge in [-0.15, -0.1) is 0 Å². The van der Waals surface area contributed by atoms with E-state index in [4.69, 9.17) is 9.84 Å². The van der Waals surface area contributed by atoms with Crippen LogP contribution in [0.15, 0.2) is 18.2 Å². The predicted octanol–water partition coefficient (Wildman–Crippen LogP) is 2.30. The van der Waals surface area contributed by atoms with Crippen molar-refractivity contribution in [3.8, 4) is 5.75 Å². The van der Waals surface area contributed by atoms with E-state index < -0.39 is 11.9 Å². The summed E-state index contributed by atoms with van der Waals surface area (Å²) in [6.45, 7) is 6.25. The van der Waals surface area contributed by atoms with Crippen LogP contribution in [-0.4, -0.2) is 30.1 Å². The Labute approximate surface area is 125 Å². The summed E-state index contributed by atoms with van der Waals surface area (Å²) in [6.07, 6.45) is 0.928. The molecule has 1 unspecified atom stereocenters. The third kappa shape index (κ3) is 6.29. The topological polar surface area (TPSA) is 75.6 Å². The van der Waals surface area contributed by atoms with Gasteiger partial charge in [0.25, 0.3) is 0 Å². The molecular weight excluding hydrogens is 270 g/mol. The highest BCUT2D eigenvalue weighted by Gasteiger charge is 2.11. The van der Waals surface area contributed by atoms with Crippen molar-refractivity contribution in [3.63, 3.8) is 0 Å². The van der Waals surface area contributed by atoms with Crippen LogP contribution in [0, 0.1) is 19.8 Å². The van der Waals surface area contributed by atoms with Crippen molar-refractivity contribution in [2.45, 2.75) is 33.6 Å². The SMILES string of the molecule is Cc1ccc(OCCCC(=O)NCC(C)C(=O)O)cc1C. The lowest BCUT2D eigenvalue weighted by molar-refractivity contribution is -0.141. The third-order valence-electron chi connectivity index (χ3n) is 3.32. The van der Waals surface area contributed by atoms with Crippen LogP contribution in [0.1, 0.15) is 30.9 Å². The first-order chi connectivity index (χ1) is 9.90. The molecule has 2 N–H and O–H groups in total. The zero-order chi connectivity index (χ0) is 15.8. The molecule has 0 aliphatic carbocycles. The second kappa shape index (κ2) is 8.29. The Morgan fingerprint density at radius 1 is 1.29 bits per heavy atom. The Kier molecular flexibility index (Phi) is 6.72. The molecule has 0 bridgehead atoms. The van der Waals surface area contributed by atoms with Crippen LogP contribution >= 0.6 is 0 Å². The first-order valence-electron chi connectivity index (χ1n) is 7.09. The molecule has 0 aliphatic heterocycles. The summed E-state index contributed by atoms with van der Waals surface area (Å²) in [7, 11) is 0. The summed E-state index contributed by atoms with van der Waals surface area (Å²) < 4.78 is 5.58. The number of hydrogen-bond acceptors (Lipinski definition) is 3. The molecule has 5 nitrogen and oxygen atoms in total. The Bertz CT molecular complexity index is 499. The van der Waals surface area contributed by atoms with E-state index in [1.165, 1.54) is 11.1 Å². The van der Waals surface area contributed by atoms with Gasteiger partial charge < -0.3 is 15.2 Å². The first kappa shape index (κ1) is 17.0. The van der Waals surface area contributed by atoms with Crippen LogP contribution < -0.4 is 10.1 Å². The van der Waals surface area contributed by atoms with Gasteiger partial charge >= 0.3 is 5.97 Å². The van der Waals surface area contributed by atoms with Crippen LogP contribution in [0.25, 0.3) is 0 Å². The number of carboxylic acids is 1. The minimum Gasteiger partial charge on any atom is -0.494 e. The highest BCUT2D eigenvalue weighted by Crippen LogP contribution is 2.16. The largest absolute Gasteiger partial charge is 0.494 e. The molecule has 1 amide bonds.